The van der Waals surface area contributed by atoms with Gasteiger partial charge in [-0.2, -0.15) is 5.10 Å². The Morgan fingerprint density at radius 1 is 1.47 bits per heavy atom. The number of nitrogens with zero attached hydrogens (tertiary/aromatic N) is 3. The number of methoxy groups -OCH3 is 1. The summed E-state index contributed by atoms with van der Waals surface area (Å²) in [6.45, 7) is 2.62. The predicted molar refractivity (Wildman–Crippen MR) is 76.3 cm³/mol. The number of aryl methyl sites for hydroxylation is 2. The average molecular weight is 266 g/mol. The molecule has 1 unspecified atom stereocenters. The average Bonchev–Trinajstić information content (AvgIpc) is 2.99. The molecule has 1 aliphatic carbocycles. The molecule has 0 bridgehead atoms. The van der Waals surface area contributed by atoms with Crippen molar-refractivity contribution in [2.45, 2.75) is 44.7 Å². The molecule has 0 spiro atoms. The van der Waals surface area contributed by atoms with Crippen molar-refractivity contribution >= 4 is 0 Å². The first-order valence-corrected chi connectivity index (χ1v) is 7.09. The maximum Gasteiger partial charge on any atom is 0.216 e. The molecule has 0 amide bonds. The van der Waals surface area contributed by atoms with Gasteiger partial charge in [-0.05, 0) is 26.8 Å². The molecule has 5 heteroatoms. The van der Waals surface area contributed by atoms with Gasteiger partial charge in [0.2, 0.25) is 5.88 Å². The van der Waals surface area contributed by atoms with Gasteiger partial charge in [0.15, 0.2) is 0 Å². The van der Waals surface area contributed by atoms with Crippen molar-refractivity contribution in [3.8, 4) is 5.88 Å². The molecule has 2 rings (SSSR count). The Morgan fingerprint density at radius 2 is 2.11 bits per heavy atom. The Labute approximate surface area is 115 Å². The molecular weight excluding hydrogens is 240 g/mol. The van der Waals surface area contributed by atoms with Crippen LogP contribution in [0.3, 0.4) is 0 Å². The first-order valence-electron chi connectivity index (χ1n) is 7.09. The van der Waals surface area contributed by atoms with Crippen LogP contribution in [-0.4, -0.2) is 41.4 Å². The quantitative estimate of drug-likeness (QED) is 0.879. The van der Waals surface area contributed by atoms with E-state index in [9.17, 15) is 0 Å². The second-order valence-corrected chi connectivity index (χ2v) is 5.49. The smallest absolute Gasteiger partial charge is 0.216 e. The molecule has 0 aromatic carbocycles. The summed E-state index contributed by atoms with van der Waals surface area (Å²) >= 11 is 0. The van der Waals surface area contributed by atoms with E-state index in [1.807, 2.05) is 14.0 Å². The van der Waals surface area contributed by atoms with Crippen LogP contribution in [-0.2, 0) is 7.05 Å². The highest BCUT2D eigenvalue weighted by Crippen LogP contribution is 2.34. The van der Waals surface area contributed by atoms with Crippen LogP contribution in [0, 0.1) is 6.92 Å². The Bertz CT molecular complexity index is 423. The van der Waals surface area contributed by atoms with E-state index in [4.69, 9.17) is 10.5 Å². The van der Waals surface area contributed by atoms with E-state index >= 15 is 0 Å². The molecule has 1 saturated carbocycles. The standard InChI is InChI=1S/C14H26N4O/c1-10-13(14(19-4)18(3)16-10)12(9-15)17(2)11-7-5-6-8-11/h11-12H,5-9,15H2,1-4H3. The summed E-state index contributed by atoms with van der Waals surface area (Å²) in [6.07, 6.45) is 5.20. The summed E-state index contributed by atoms with van der Waals surface area (Å²) in [5.74, 6) is 0.831. The normalized spacial score (nSPS) is 18.2. The maximum atomic E-state index is 6.04. The van der Waals surface area contributed by atoms with Gasteiger partial charge >= 0.3 is 0 Å². The van der Waals surface area contributed by atoms with Crippen LogP contribution in [0.15, 0.2) is 0 Å². The number of hydrogen-bond acceptors (Lipinski definition) is 4. The molecule has 1 atom stereocenters. The van der Waals surface area contributed by atoms with E-state index in [-0.39, 0.29) is 6.04 Å². The Hall–Kier alpha value is -1.07. The zero-order valence-corrected chi connectivity index (χ0v) is 12.5. The van der Waals surface area contributed by atoms with Crippen LogP contribution in [0.5, 0.6) is 5.88 Å². The third-order valence-corrected chi connectivity index (χ3v) is 4.36. The summed E-state index contributed by atoms with van der Waals surface area (Å²) in [5.41, 5.74) is 8.20. The van der Waals surface area contributed by atoms with Gasteiger partial charge in [-0.25, -0.2) is 4.68 Å². The van der Waals surface area contributed by atoms with E-state index in [0.717, 1.165) is 17.1 Å². The van der Waals surface area contributed by atoms with Crippen LogP contribution in [0.4, 0.5) is 0 Å². The lowest BCUT2D eigenvalue weighted by Crippen LogP contribution is -2.37. The summed E-state index contributed by atoms with van der Waals surface area (Å²) in [6, 6.07) is 0.824. The lowest BCUT2D eigenvalue weighted by molar-refractivity contribution is 0.175. The number of aromatic nitrogens is 2. The van der Waals surface area contributed by atoms with Crippen molar-refractivity contribution in [1.82, 2.24) is 14.7 Å². The number of ether oxygens (including phenoxy) is 1. The third kappa shape index (κ3) is 2.62. The molecule has 0 saturated heterocycles. The molecule has 1 aromatic rings. The highest BCUT2D eigenvalue weighted by atomic mass is 16.5. The van der Waals surface area contributed by atoms with Gasteiger partial charge in [0.1, 0.15) is 0 Å². The topological polar surface area (TPSA) is 56.3 Å². The molecule has 1 heterocycles. The largest absolute Gasteiger partial charge is 0.481 e. The number of rotatable bonds is 5. The molecule has 2 N–H and O–H groups in total. The van der Waals surface area contributed by atoms with Crippen LogP contribution < -0.4 is 10.5 Å². The summed E-state index contributed by atoms with van der Waals surface area (Å²) < 4.78 is 7.31. The second kappa shape index (κ2) is 5.92. The molecular formula is C14H26N4O. The first kappa shape index (κ1) is 14.3. The minimum Gasteiger partial charge on any atom is -0.481 e. The summed E-state index contributed by atoms with van der Waals surface area (Å²) in [7, 11) is 5.79. The number of likely N-dealkylation sites (N-methyl/N-ethyl adjacent to an activating group) is 1. The van der Waals surface area contributed by atoms with Gasteiger partial charge in [0.05, 0.1) is 24.4 Å². The molecule has 108 valence electrons. The van der Waals surface area contributed by atoms with E-state index < -0.39 is 0 Å². The zero-order chi connectivity index (χ0) is 14.0. The molecule has 0 radical (unpaired) electrons. The first-order chi connectivity index (χ1) is 9.10. The van der Waals surface area contributed by atoms with Crippen molar-refractivity contribution in [1.29, 1.82) is 0 Å². The minimum atomic E-state index is 0.187. The molecule has 19 heavy (non-hydrogen) atoms. The predicted octanol–water partition coefficient (Wildman–Crippen LogP) is 1.61. The van der Waals surface area contributed by atoms with Crippen LogP contribution in [0.1, 0.15) is 43.0 Å². The van der Waals surface area contributed by atoms with Gasteiger partial charge in [0, 0.05) is 19.6 Å². The van der Waals surface area contributed by atoms with Crippen molar-refractivity contribution < 1.29 is 4.74 Å². The molecule has 1 aliphatic rings. The van der Waals surface area contributed by atoms with Crippen LogP contribution >= 0.6 is 0 Å². The van der Waals surface area contributed by atoms with E-state index in [1.54, 1.807) is 11.8 Å². The van der Waals surface area contributed by atoms with Crippen LogP contribution in [0.2, 0.25) is 0 Å². The van der Waals surface area contributed by atoms with Gasteiger partial charge in [-0.15, -0.1) is 0 Å². The fraction of sp³-hybridized carbons (Fsp3) is 0.786. The highest BCUT2D eigenvalue weighted by Gasteiger charge is 2.30. The number of nitrogens with two attached hydrogens (primary N) is 1. The minimum absolute atomic E-state index is 0.187. The van der Waals surface area contributed by atoms with Crippen molar-refractivity contribution in [3.63, 3.8) is 0 Å². The molecule has 1 aromatic heterocycles. The molecule has 1 fully saturated rings. The maximum absolute atomic E-state index is 6.04. The SMILES string of the molecule is COc1c(C(CN)N(C)C2CCCC2)c(C)nn1C. The Morgan fingerprint density at radius 3 is 2.63 bits per heavy atom. The van der Waals surface area contributed by atoms with E-state index in [0.29, 0.717) is 12.6 Å². The lowest BCUT2D eigenvalue weighted by atomic mass is 10.0. The van der Waals surface area contributed by atoms with Gasteiger partial charge < -0.3 is 10.5 Å². The fourth-order valence-corrected chi connectivity index (χ4v) is 3.33. The van der Waals surface area contributed by atoms with E-state index in [1.165, 1.54) is 25.7 Å². The van der Waals surface area contributed by atoms with E-state index in [2.05, 4.69) is 17.0 Å². The lowest BCUT2D eigenvalue weighted by Gasteiger charge is -2.32. The van der Waals surface area contributed by atoms with Crippen LogP contribution in [0.25, 0.3) is 0 Å². The monoisotopic (exact) mass is 266 g/mol. The Kier molecular flexibility index (Phi) is 4.47. The second-order valence-electron chi connectivity index (χ2n) is 5.49. The van der Waals surface area contributed by atoms with Crippen molar-refractivity contribution in [2.24, 2.45) is 12.8 Å². The Balaban J connectivity index is 2.30. The van der Waals surface area contributed by atoms with Gasteiger partial charge in [0.25, 0.3) is 0 Å². The zero-order valence-electron chi connectivity index (χ0n) is 12.5. The van der Waals surface area contributed by atoms with Gasteiger partial charge in [-0.1, -0.05) is 12.8 Å². The van der Waals surface area contributed by atoms with Crippen molar-refractivity contribution in [3.05, 3.63) is 11.3 Å². The summed E-state index contributed by atoms with van der Waals surface area (Å²) in [5, 5.41) is 4.47. The summed E-state index contributed by atoms with van der Waals surface area (Å²) in [4.78, 5) is 2.42. The third-order valence-electron chi connectivity index (χ3n) is 4.36. The van der Waals surface area contributed by atoms with Gasteiger partial charge in [-0.3, -0.25) is 4.90 Å². The fourth-order valence-electron chi connectivity index (χ4n) is 3.33. The number of hydrogen-bond donors (Lipinski definition) is 1. The highest BCUT2D eigenvalue weighted by molar-refractivity contribution is 5.34. The molecule has 0 aliphatic heterocycles. The molecule has 5 nitrogen and oxygen atoms in total. The van der Waals surface area contributed by atoms with Crippen molar-refractivity contribution in [2.75, 3.05) is 20.7 Å².